The number of amides is 1. The standard InChI is InChI=1S/C28H18FN3O5S2/c29-19-7-3-1-6-17(19)14-38-28-31-30-27(39-28)32-23(15-9-11-18(33)12-10-15)22(25(35)26(32)36)24(34)21-13-16-5-2-4-8-20(16)37-21/h1-13,23,33,35H,14H2. The van der Waals surface area contributed by atoms with Crippen LogP contribution in [0.15, 0.2) is 99.0 Å². The number of para-hydroxylation sites is 1. The fourth-order valence-electron chi connectivity index (χ4n) is 4.35. The van der Waals surface area contributed by atoms with Gasteiger partial charge in [-0.3, -0.25) is 14.5 Å². The lowest BCUT2D eigenvalue weighted by Crippen LogP contribution is -2.31. The molecule has 5 aromatic rings. The smallest absolute Gasteiger partial charge is 0.296 e. The number of benzene rings is 3. The van der Waals surface area contributed by atoms with Gasteiger partial charge in [0.05, 0.1) is 11.6 Å². The number of aromatic nitrogens is 2. The van der Waals surface area contributed by atoms with E-state index < -0.39 is 23.5 Å². The molecule has 1 aliphatic rings. The summed E-state index contributed by atoms with van der Waals surface area (Å²) in [6, 6.07) is 19.9. The molecule has 8 nitrogen and oxygen atoms in total. The number of phenols is 1. The molecule has 3 heterocycles. The van der Waals surface area contributed by atoms with Crippen molar-refractivity contribution in [1.29, 1.82) is 0 Å². The number of aliphatic hydroxyl groups excluding tert-OH is 1. The van der Waals surface area contributed by atoms with E-state index in [1.54, 1.807) is 60.7 Å². The number of carbonyl (C=O) groups is 2. The second-order valence-corrected chi connectivity index (χ2v) is 10.8. The van der Waals surface area contributed by atoms with Crippen molar-refractivity contribution in [3.05, 3.63) is 113 Å². The number of fused-ring (bicyclic) bond motifs is 1. The first-order valence-electron chi connectivity index (χ1n) is 11.7. The summed E-state index contributed by atoms with van der Waals surface area (Å²) in [7, 11) is 0. The van der Waals surface area contributed by atoms with Crippen LogP contribution in [0.5, 0.6) is 5.75 Å². The van der Waals surface area contributed by atoms with Gasteiger partial charge in [-0.2, -0.15) is 0 Å². The van der Waals surface area contributed by atoms with E-state index in [1.807, 2.05) is 0 Å². The number of aliphatic hydroxyl groups is 1. The summed E-state index contributed by atoms with van der Waals surface area (Å²) < 4.78 is 20.2. The van der Waals surface area contributed by atoms with Gasteiger partial charge >= 0.3 is 0 Å². The number of halogens is 1. The number of nitrogens with zero attached hydrogens (tertiary/aromatic N) is 3. The normalized spacial score (nSPS) is 15.5. The molecule has 0 fully saturated rings. The van der Waals surface area contributed by atoms with E-state index in [4.69, 9.17) is 4.42 Å². The zero-order chi connectivity index (χ0) is 27.1. The van der Waals surface area contributed by atoms with Crippen LogP contribution in [0.2, 0.25) is 0 Å². The highest BCUT2D eigenvalue weighted by Gasteiger charge is 2.46. The number of carbonyl (C=O) groups excluding carboxylic acids is 2. The van der Waals surface area contributed by atoms with Crippen LogP contribution in [0.25, 0.3) is 11.0 Å². The molecule has 0 saturated carbocycles. The Morgan fingerprint density at radius 1 is 1.03 bits per heavy atom. The molecule has 1 unspecified atom stereocenters. The van der Waals surface area contributed by atoms with Crippen LogP contribution >= 0.6 is 23.1 Å². The van der Waals surface area contributed by atoms with Crippen LogP contribution in [0, 0.1) is 5.82 Å². The SMILES string of the molecule is O=C(C1=C(O)C(=O)N(c2nnc(SCc3ccccc3F)s2)C1c1ccc(O)cc1)c1cc2ccccc2o1. The van der Waals surface area contributed by atoms with Crippen molar-refractivity contribution < 1.29 is 28.6 Å². The Labute approximate surface area is 229 Å². The first-order valence-corrected chi connectivity index (χ1v) is 13.5. The number of phenolic OH excluding ortho intramolecular Hbond substituents is 1. The Kier molecular flexibility index (Phi) is 6.37. The van der Waals surface area contributed by atoms with Gasteiger partial charge in [-0.25, -0.2) is 4.39 Å². The van der Waals surface area contributed by atoms with Crippen LogP contribution in [-0.2, 0) is 10.5 Å². The number of hydrogen-bond acceptors (Lipinski definition) is 9. The van der Waals surface area contributed by atoms with Gasteiger partial charge in [0.15, 0.2) is 15.9 Å². The molecule has 11 heteroatoms. The lowest BCUT2D eigenvalue weighted by atomic mass is 9.95. The highest BCUT2D eigenvalue weighted by molar-refractivity contribution is 8.00. The molecule has 2 N–H and O–H groups in total. The van der Waals surface area contributed by atoms with Crippen LogP contribution in [0.3, 0.4) is 0 Å². The molecular weight excluding hydrogens is 541 g/mol. The maximum atomic E-state index is 14.0. The third-order valence-corrected chi connectivity index (χ3v) is 8.33. The van der Waals surface area contributed by atoms with Gasteiger partial charge in [0, 0.05) is 11.1 Å². The molecule has 0 aliphatic carbocycles. The Morgan fingerprint density at radius 2 is 1.77 bits per heavy atom. The molecule has 3 aromatic carbocycles. The molecule has 0 radical (unpaired) electrons. The van der Waals surface area contributed by atoms with Gasteiger partial charge in [-0.15, -0.1) is 10.2 Å². The van der Waals surface area contributed by atoms with E-state index in [0.29, 0.717) is 32.2 Å². The molecule has 1 aliphatic heterocycles. The van der Waals surface area contributed by atoms with E-state index >= 15 is 0 Å². The van der Waals surface area contributed by atoms with Crippen molar-refractivity contribution in [3.63, 3.8) is 0 Å². The quantitative estimate of drug-likeness (QED) is 0.137. The molecule has 6 rings (SSSR count). The van der Waals surface area contributed by atoms with Gasteiger partial charge in [0.25, 0.3) is 5.91 Å². The van der Waals surface area contributed by atoms with Crippen molar-refractivity contribution in [2.75, 3.05) is 4.90 Å². The van der Waals surface area contributed by atoms with E-state index in [0.717, 1.165) is 11.3 Å². The number of furan rings is 1. The Bertz CT molecular complexity index is 1730. The van der Waals surface area contributed by atoms with Crippen LogP contribution < -0.4 is 4.90 Å². The number of Topliss-reactive ketones (excluding diaryl/α,β-unsaturated/α-hetero) is 1. The van der Waals surface area contributed by atoms with E-state index in [2.05, 4.69) is 10.2 Å². The predicted octanol–water partition coefficient (Wildman–Crippen LogP) is 6.20. The molecule has 0 spiro atoms. The molecule has 0 saturated heterocycles. The van der Waals surface area contributed by atoms with E-state index in [9.17, 15) is 24.2 Å². The molecule has 194 valence electrons. The van der Waals surface area contributed by atoms with Crippen LogP contribution in [0.4, 0.5) is 9.52 Å². The van der Waals surface area contributed by atoms with Gasteiger partial charge in [0.1, 0.15) is 17.1 Å². The minimum absolute atomic E-state index is 0.00395. The Balaban J connectivity index is 1.36. The number of ketones is 1. The Morgan fingerprint density at radius 3 is 2.54 bits per heavy atom. The van der Waals surface area contributed by atoms with Crippen molar-refractivity contribution >= 4 is 50.9 Å². The number of aromatic hydroxyl groups is 1. The summed E-state index contributed by atoms with van der Waals surface area (Å²) in [5.74, 6) is -2.28. The second-order valence-electron chi connectivity index (χ2n) is 8.64. The summed E-state index contributed by atoms with van der Waals surface area (Å²) in [4.78, 5) is 28.3. The van der Waals surface area contributed by atoms with E-state index in [-0.39, 0.29) is 28.0 Å². The maximum Gasteiger partial charge on any atom is 0.296 e. The van der Waals surface area contributed by atoms with Crippen molar-refractivity contribution in [2.24, 2.45) is 0 Å². The molecule has 0 bridgehead atoms. The number of thioether (sulfide) groups is 1. The highest BCUT2D eigenvalue weighted by Crippen LogP contribution is 2.44. The summed E-state index contributed by atoms with van der Waals surface area (Å²) in [6.07, 6.45) is 0. The molecular formula is C28H18FN3O5S2. The lowest BCUT2D eigenvalue weighted by Gasteiger charge is -2.23. The van der Waals surface area contributed by atoms with Gasteiger partial charge in [0.2, 0.25) is 10.9 Å². The van der Waals surface area contributed by atoms with Crippen molar-refractivity contribution in [2.45, 2.75) is 16.1 Å². The first-order chi connectivity index (χ1) is 18.9. The summed E-state index contributed by atoms with van der Waals surface area (Å²) >= 11 is 2.33. The van der Waals surface area contributed by atoms with Crippen molar-refractivity contribution in [1.82, 2.24) is 10.2 Å². The number of hydrogen-bond donors (Lipinski definition) is 2. The summed E-state index contributed by atoms with van der Waals surface area (Å²) in [5.41, 5.74) is 1.27. The van der Waals surface area contributed by atoms with Crippen LogP contribution in [0.1, 0.15) is 27.7 Å². The minimum atomic E-state index is -1.06. The third kappa shape index (κ3) is 4.55. The molecule has 39 heavy (non-hydrogen) atoms. The average molecular weight is 560 g/mol. The summed E-state index contributed by atoms with van der Waals surface area (Å²) in [6.45, 7) is 0. The van der Waals surface area contributed by atoms with E-state index in [1.165, 1.54) is 34.9 Å². The fraction of sp³-hybridized carbons (Fsp3) is 0.0714. The highest BCUT2D eigenvalue weighted by atomic mass is 32.2. The first kappa shape index (κ1) is 24.8. The lowest BCUT2D eigenvalue weighted by molar-refractivity contribution is -0.117. The maximum absolute atomic E-state index is 14.0. The van der Waals surface area contributed by atoms with Gasteiger partial charge < -0.3 is 14.6 Å². The fourth-order valence-corrected chi connectivity index (χ4v) is 6.20. The monoisotopic (exact) mass is 559 g/mol. The predicted molar refractivity (Wildman–Crippen MR) is 144 cm³/mol. The third-order valence-electron chi connectivity index (χ3n) is 6.22. The van der Waals surface area contributed by atoms with Crippen molar-refractivity contribution in [3.8, 4) is 5.75 Å². The van der Waals surface area contributed by atoms with Crippen LogP contribution in [-0.4, -0.2) is 32.1 Å². The average Bonchev–Trinajstić information content (AvgIpc) is 3.65. The summed E-state index contributed by atoms with van der Waals surface area (Å²) in [5, 5.41) is 29.9. The molecule has 1 amide bonds. The molecule has 1 atom stereocenters. The topological polar surface area (TPSA) is 117 Å². The zero-order valence-corrected chi connectivity index (χ0v) is 21.6. The molecule has 2 aromatic heterocycles. The minimum Gasteiger partial charge on any atom is -0.508 e. The zero-order valence-electron chi connectivity index (χ0n) is 19.9. The largest absolute Gasteiger partial charge is 0.508 e. The second kappa shape index (κ2) is 10.0. The number of rotatable bonds is 7. The Hall–Kier alpha value is -4.48. The van der Waals surface area contributed by atoms with Gasteiger partial charge in [-0.05, 0) is 41.5 Å². The number of anilines is 1. The van der Waals surface area contributed by atoms with Gasteiger partial charge in [-0.1, -0.05) is 71.6 Å².